The standard InChI is InChI=1S/C18H23NO3S/c1-3-8-21-16-6-5-15(12-17(16)22-9-4-2)19-18(20)11-14-7-10-23-13-14/h5-7,10,12-13H,3-4,8-9,11H2,1-2H3,(H,19,20). The molecule has 0 atom stereocenters. The van der Waals surface area contributed by atoms with Gasteiger partial charge < -0.3 is 14.8 Å². The zero-order valence-corrected chi connectivity index (χ0v) is 14.4. The molecule has 23 heavy (non-hydrogen) atoms. The van der Waals surface area contributed by atoms with E-state index in [4.69, 9.17) is 9.47 Å². The van der Waals surface area contributed by atoms with Crippen molar-refractivity contribution in [1.29, 1.82) is 0 Å². The number of benzene rings is 1. The molecule has 0 unspecified atom stereocenters. The van der Waals surface area contributed by atoms with Gasteiger partial charge in [-0.15, -0.1) is 0 Å². The Kier molecular flexibility index (Phi) is 6.94. The van der Waals surface area contributed by atoms with Gasteiger partial charge in [-0.1, -0.05) is 13.8 Å². The summed E-state index contributed by atoms with van der Waals surface area (Å²) in [4.78, 5) is 12.1. The van der Waals surface area contributed by atoms with Crippen molar-refractivity contribution in [3.05, 3.63) is 40.6 Å². The van der Waals surface area contributed by atoms with Crippen molar-refractivity contribution in [2.75, 3.05) is 18.5 Å². The van der Waals surface area contributed by atoms with E-state index in [1.807, 2.05) is 35.0 Å². The van der Waals surface area contributed by atoms with Gasteiger partial charge in [0.25, 0.3) is 0 Å². The highest BCUT2D eigenvalue weighted by Crippen LogP contribution is 2.31. The lowest BCUT2D eigenvalue weighted by Gasteiger charge is -2.14. The highest BCUT2D eigenvalue weighted by molar-refractivity contribution is 7.08. The van der Waals surface area contributed by atoms with E-state index in [2.05, 4.69) is 19.2 Å². The Bertz CT molecular complexity index is 611. The average molecular weight is 333 g/mol. The van der Waals surface area contributed by atoms with Crippen molar-refractivity contribution in [3.63, 3.8) is 0 Å². The molecule has 0 fully saturated rings. The van der Waals surface area contributed by atoms with Gasteiger partial charge in [-0.25, -0.2) is 0 Å². The largest absolute Gasteiger partial charge is 0.490 e. The lowest BCUT2D eigenvalue weighted by molar-refractivity contribution is -0.115. The highest BCUT2D eigenvalue weighted by atomic mass is 32.1. The Morgan fingerprint density at radius 3 is 2.48 bits per heavy atom. The second-order valence-corrected chi connectivity index (χ2v) is 6.00. The zero-order valence-electron chi connectivity index (χ0n) is 13.6. The number of carbonyl (C=O) groups excluding carboxylic acids is 1. The molecule has 5 heteroatoms. The van der Waals surface area contributed by atoms with E-state index in [0.717, 1.165) is 29.8 Å². The van der Waals surface area contributed by atoms with Crippen LogP contribution in [0.1, 0.15) is 32.3 Å². The van der Waals surface area contributed by atoms with Crippen LogP contribution in [0, 0.1) is 0 Å². The van der Waals surface area contributed by atoms with Gasteiger partial charge in [0.15, 0.2) is 11.5 Å². The molecule has 1 N–H and O–H groups in total. The summed E-state index contributed by atoms with van der Waals surface area (Å²) in [7, 11) is 0. The predicted octanol–water partition coefficient (Wildman–Crippen LogP) is 4.51. The number of anilines is 1. The van der Waals surface area contributed by atoms with Gasteiger partial charge in [-0.3, -0.25) is 4.79 Å². The van der Waals surface area contributed by atoms with Crippen LogP contribution in [0.25, 0.3) is 0 Å². The molecule has 0 aliphatic heterocycles. The van der Waals surface area contributed by atoms with Crippen LogP contribution in [0.3, 0.4) is 0 Å². The minimum absolute atomic E-state index is 0.0351. The summed E-state index contributed by atoms with van der Waals surface area (Å²) in [5.41, 5.74) is 1.75. The van der Waals surface area contributed by atoms with Crippen LogP contribution in [0.4, 0.5) is 5.69 Å². The lowest BCUT2D eigenvalue weighted by Crippen LogP contribution is -2.14. The number of hydrogen-bond acceptors (Lipinski definition) is 4. The second-order valence-electron chi connectivity index (χ2n) is 5.21. The van der Waals surface area contributed by atoms with Crippen LogP contribution >= 0.6 is 11.3 Å². The molecule has 1 aromatic heterocycles. The summed E-state index contributed by atoms with van der Waals surface area (Å²) < 4.78 is 11.4. The SMILES string of the molecule is CCCOc1ccc(NC(=O)Cc2ccsc2)cc1OCCC. The van der Waals surface area contributed by atoms with Crippen molar-refractivity contribution in [3.8, 4) is 11.5 Å². The molecule has 4 nitrogen and oxygen atoms in total. The number of amides is 1. The van der Waals surface area contributed by atoms with Crippen molar-refractivity contribution >= 4 is 22.9 Å². The van der Waals surface area contributed by atoms with E-state index in [9.17, 15) is 4.79 Å². The first-order valence-corrected chi connectivity index (χ1v) is 8.87. The van der Waals surface area contributed by atoms with Gasteiger partial charge in [0.05, 0.1) is 19.6 Å². The molecule has 2 aromatic rings. The predicted molar refractivity (Wildman–Crippen MR) is 94.7 cm³/mol. The summed E-state index contributed by atoms with van der Waals surface area (Å²) in [5, 5.41) is 6.87. The molecule has 124 valence electrons. The Morgan fingerprint density at radius 2 is 1.83 bits per heavy atom. The van der Waals surface area contributed by atoms with Crippen molar-refractivity contribution in [1.82, 2.24) is 0 Å². The molecule has 1 aromatic carbocycles. The maximum atomic E-state index is 12.1. The maximum Gasteiger partial charge on any atom is 0.228 e. The summed E-state index contributed by atoms with van der Waals surface area (Å²) >= 11 is 1.59. The second kappa shape index (κ2) is 9.20. The van der Waals surface area contributed by atoms with Crippen molar-refractivity contribution in [2.45, 2.75) is 33.1 Å². The summed E-state index contributed by atoms with van der Waals surface area (Å²) in [5.74, 6) is 1.36. The molecular weight excluding hydrogens is 310 g/mol. The number of ether oxygens (including phenoxy) is 2. The zero-order chi connectivity index (χ0) is 16.5. The fourth-order valence-corrected chi connectivity index (χ4v) is 2.69. The molecule has 1 heterocycles. The highest BCUT2D eigenvalue weighted by Gasteiger charge is 2.09. The fourth-order valence-electron chi connectivity index (χ4n) is 2.03. The Hall–Kier alpha value is -2.01. The van der Waals surface area contributed by atoms with E-state index >= 15 is 0 Å². The van der Waals surface area contributed by atoms with Gasteiger partial charge in [0, 0.05) is 11.8 Å². The first kappa shape index (κ1) is 17.3. The van der Waals surface area contributed by atoms with Crippen molar-refractivity contribution < 1.29 is 14.3 Å². The monoisotopic (exact) mass is 333 g/mol. The summed E-state index contributed by atoms with van der Waals surface area (Å²) in [6, 6.07) is 7.48. The van der Waals surface area contributed by atoms with E-state index in [-0.39, 0.29) is 5.91 Å². The first-order chi connectivity index (χ1) is 11.2. The van der Waals surface area contributed by atoms with Crippen molar-refractivity contribution in [2.24, 2.45) is 0 Å². The molecule has 0 bridgehead atoms. The minimum Gasteiger partial charge on any atom is -0.490 e. The number of thiophene rings is 1. The Labute approximate surface area is 141 Å². The van der Waals surface area contributed by atoms with E-state index in [1.165, 1.54) is 0 Å². The van der Waals surface area contributed by atoms with Crippen LogP contribution in [0.5, 0.6) is 11.5 Å². The topological polar surface area (TPSA) is 47.6 Å². The molecule has 0 saturated heterocycles. The summed E-state index contributed by atoms with van der Waals surface area (Å²) in [6.45, 7) is 5.38. The minimum atomic E-state index is -0.0351. The van der Waals surface area contributed by atoms with E-state index in [0.29, 0.717) is 25.4 Å². The fraction of sp³-hybridized carbons (Fsp3) is 0.389. The van der Waals surface area contributed by atoms with E-state index in [1.54, 1.807) is 11.3 Å². The van der Waals surface area contributed by atoms with Gasteiger partial charge in [0.2, 0.25) is 5.91 Å². The lowest BCUT2D eigenvalue weighted by atomic mass is 10.2. The third-order valence-electron chi connectivity index (χ3n) is 3.10. The molecule has 2 rings (SSSR count). The third-order valence-corrected chi connectivity index (χ3v) is 3.83. The van der Waals surface area contributed by atoms with Gasteiger partial charge >= 0.3 is 0 Å². The summed E-state index contributed by atoms with van der Waals surface area (Å²) in [6.07, 6.45) is 2.23. The molecule has 0 aliphatic carbocycles. The van der Waals surface area contributed by atoms with E-state index < -0.39 is 0 Å². The van der Waals surface area contributed by atoms with Crippen LogP contribution in [0.2, 0.25) is 0 Å². The number of hydrogen-bond donors (Lipinski definition) is 1. The third kappa shape index (κ3) is 5.60. The van der Waals surface area contributed by atoms with Gasteiger partial charge in [0.1, 0.15) is 0 Å². The molecule has 0 saturated carbocycles. The molecule has 0 aliphatic rings. The van der Waals surface area contributed by atoms with Gasteiger partial charge in [-0.05, 0) is 47.4 Å². The first-order valence-electron chi connectivity index (χ1n) is 7.93. The smallest absolute Gasteiger partial charge is 0.228 e. The van der Waals surface area contributed by atoms with Crippen LogP contribution < -0.4 is 14.8 Å². The quantitative estimate of drug-likeness (QED) is 0.734. The maximum absolute atomic E-state index is 12.1. The van der Waals surface area contributed by atoms with Gasteiger partial charge in [-0.2, -0.15) is 11.3 Å². The van der Waals surface area contributed by atoms with Crippen LogP contribution in [-0.4, -0.2) is 19.1 Å². The molecule has 0 spiro atoms. The molecular formula is C18H23NO3S. The number of nitrogens with one attached hydrogen (secondary N) is 1. The van der Waals surface area contributed by atoms with Crippen LogP contribution in [0.15, 0.2) is 35.0 Å². The average Bonchev–Trinajstić information content (AvgIpc) is 3.04. The Morgan fingerprint density at radius 1 is 1.09 bits per heavy atom. The van der Waals surface area contributed by atoms with Crippen LogP contribution in [-0.2, 0) is 11.2 Å². The molecule has 1 amide bonds. The normalized spacial score (nSPS) is 10.3. The number of rotatable bonds is 9. The number of carbonyl (C=O) groups is 1. The molecule has 0 radical (unpaired) electrons. The Balaban J connectivity index is 2.04.